The van der Waals surface area contributed by atoms with E-state index in [1.165, 1.54) is 0 Å². The number of hydrogen-bond acceptors (Lipinski definition) is 5. The molecular formula is C12H17NO4. The van der Waals surface area contributed by atoms with Crippen molar-refractivity contribution in [2.75, 3.05) is 20.4 Å². The first-order valence-electron chi connectivity index (χ1n) is 5.53. The van der Waals surface area contributed by atoms with Crippen molar-refractivity contribution in [3.8, 4) is 17.2 Å². The number of fused-ring (bicyclic) bond motifs is 1. The van der Waals surface area contributed by atoms with Gasteiger partial charge in [0.25, 0.3) is 0 Å². The second kappa shape index (κ2) is 4.81. The molecule has 1 aliphatic heterocycles. The minimum atomic E-state index is -0.636. The Morgan fingerprint density at radius 2 is 2.24 bits per heavy atom. The highest BCUT2D eigenvalue weighted by molar-refractivity contribution is 5.55. The van der Waals surface area contributed by atoms with E-state index in [0.29, 0.717) is 23.8 Å². The van der Waals surface area contributed by atoms with Gasteiger partial charge in [0.2, 0.25) is 12.5 Å². The van der Waals surface area contributed by atoms with Gasteiger partial charge < -0.3 is 25.1 Å². The molecule has 0 radical (unpaired) electrons. The van der Waals surface area contributed by atoms with E-state index in [0.717, 1.165) is 5.56 Å². The predicted molar refractivity (Wildman–Crippen MR) is 62.3 cm³/mol. The Morgan fingerprint density at radius 1 is 1.47 bits per heavy atom. The minimum absolute atomic E-state index is 0.0277. The summed E-state index contributed by atoms with van der Waals surface area (Å²) in [5, 5.41) is 10.1. The Labute approximate surface area is 100 Å². The summed E-state index contributed by atoms with van der Waals surface area (Å²) in [6, 6.07) is 3.52. The van der Waals surface area contributed by atoms with E-state index in [1.807, 2.05) is 6.92 Å². The van der Waals surface area contributed by atoms with Crippen LogP contribution in [0.5, 0.6) is 17.2 Å². The third-order valence-electron chi connectivity index (χ3n) is 2.93. The lowest BCUT2D eigenvalue weighted by atomic mass is 9.97. The average molecular weight is 239 g/mol. The molecule has 94 valence electrons. The number of aliphatic hydroxyl groups excluding tert-OH is 1. The molecule has 2 rings (SSSR count). The molecule has 1 aliphatic rings. The van der Waals surface area contributed by atoms with Crippen LogP contribution >= 0.6 is 0 Å². The van der Waals surface area contributed by atoms with E-state index in [2.05, 4.69) is 0 Å². The van der Waals surface area contributed by atoms with Crippen LogP contribution < -0.4 is 19.9 Å². The van der Waals surface area contributed by atoms with Gasteiger partial charge in [-0.05, 0) is 30.2 Å². The summed E-state index contributed by atoms with van der Waals surface area (Å²) in [7, 11) is 1.56. The van der Waals surface area contributed by atoms with Crippen molar-refractivity contribution in [1.82, 2.24) is 0 Å². The molecule has 5 nitrogen and oxygen atoms in total. The first kappa shape index (κ1) is 12.0. The van der Waals surface area contributed by atoms with Gasteiger partial charge in [0, 0.05) is 0 Å². The number of ether oxygens (including phenoxy) is 3. The van der Waals surface area contributed by atoms with Gasteiger partial charge in [0.05, 0.1) is 13.2 Å². The number of benzene rings is 1. The standard InChI is InChI=1S/C12H17NO4/c1-7(5-13)11(14)8-3-9(15-2)12-10(4-8)16-6-17-12/h3-4,7,11,14H,5-6,13H2,1-2H3. The van der Waals surface area contributed by atoms with Crippen LogP contribution in [0.15, 0.2) is 12.1 Å². The fourth-order valence-corrected chi connectivity index (χ4v) is 1.78. The molecule has 0 fully saturated rings. The Morgan fingerprint density at radius 3 is 2.88 bits per heavy atom. The van der Waals surface area contributed by atoms with Crippen LogP contribution in [0, 0.1) is 5.92 Å². The quantitative estimate of drug-likeness (QED) is 0.821. The number of rotatable bonds is 4. The Bertz CT molecular complexity index is 408. The Kier molecular flexibility index (Phi) is 3.40. The molecule has 17 heavy (non-hydrogen) atoms. The summed E-state index contributed by atoms with van der Waals surface area (Å²) in [5.41, 5.74) is 6.27. The van der Waals surface area contributed by atoms with E-state index in [1.54, 1.807) is 19.2 Å². The zero-order valence-electron chi connectivity index (χ0n) is 9.97. The maximum atomic E-state index is 10.1. The molecule has 1 aromatic rings. The van der Waals surface area contributed by atoms with E-state index in [4.69, 9.17) is 19.9 Å². The summed E-state index contributed by atoms with van der Waals surface area (Å²) in [5.74, 6) is 1.73. The highest BCUT2D eigenvalue weighted by Crippen LogP contribution is 2.43. The molecular weight excluding hydrogens is 222 g/mol. The molecule has 0 bridgehead atoms. The second-order valence-corrected chi connectivity index (χ2v) is 4.11. The molecule has 1 heterocycles. The maximum absolute atomic E-state index is 10.1. The van der Waals surface area contributed by atoms with Gasteiger partial charge in [0.15, 0.2) is 11.5 Å². The second-order valence-electron chi connectivity index (χ2n) is 4.11. The van der Waals surface area contributed by atoms with Crippen LogP contribution in [0.1, 0.15) is 18.6 Å². The maximum Gasteiger partial charge on any atom is 0.231 e. The zero-order valence-corrected chi connectivity index (χ0v) is 9.97. The Balaban J connectivity index is 2.36. The van der Waals surface area contributed by atoms with Crippen molar-refractivity contribution in [3.05, 3.63) is 17.7 Å². The van der Waals surface area contributed by atoms with Gasteiger partial charge in [-0.2, -0.15) is 0 Å². The van der Waals surface area contributed by atoms with Crippen LogP contribution in [0.3, 0.4) is 0 Å². The number of hydrogen-bond donors (Lipinski definition) is 2. The minimum Gasteiger partial charge on any atom is -0.493 e. The van der Waals surface area contributed by atoms with E-state index in [-0.39, 0.29) is 12.7 Å². The van der Waals surface area contributed by atoms with Crippen molar-refractivity contribution >= 4 is 0 Å². The van der Waals surface area contributed by atoms with E-state index >= 15 is 0 Å². The van der Waals surface area contributed by atoms with Crippen molar-refractivity contribution in [2.24, 2.45) is 11.7 Å². The van der Waals surface area contributed by atoms with Gasteiger partial charge in [-0.25, -0.2) is 0 Å². The summed E-state index contributed by atoms with van der Waals surface area (Å²) >= 11 is 0. The van der Waals surface area contributed by atoms with Crippen LogP contribution in [-0.4, -0.2) is 25.6 Å². The lowest BCUT2D eigenvalue weighted by molar-refractivity contribution is 0.121. The average Bonchev–Trinajstić information content (AvgIpc) is 2.83. The molecule has 0 saturated carbocycles. The highest BCUT2D eigenvalue weighted by Gasteiger charge is 2.24. The lowest BCUT2D eigenvalue weighted by Gasteiger charge is -2.18. The summed E-state index contributed by atoms with van der Waals surface area (Å²) in [6.45, 7) is 2.48. The molecule has 2 unspecified atom stereocenters. The van der Waals surface area contributed by atoms with E-state index < -0.39 is 6.10 Å². The topological polar surface area (TPSA) is 73.9 Å². The third kappa shape index (κ3) is 2.16. The third-order valence-corrected chi connectivity index (χ3v) is 2.93. The number of methoxy groups -OCH3 is 1. The van der Waals surface area contributed by atoms with Crippen LogP contribution in [-0.2, 0) is 0 Å². The molecule has 1 aromatic carbocycles. The van der Waals surface area contributed by atoms with E-state index in [9.17, 15) is 5.11 Å². The van der Waals surface area contributed by atoms with Crippen LogP contribution in [0.4, 0.5) is 0 Å². The first-order valence-corrected chi connectivity index (χ1v) is 5.53. The summed E-state index contributed by atoms with van der Waals surface area (Å²) < 4.78 is 15.8. The monoisotopic (exact) mass is 239 g/mol. The van der Waals surface area contributed by atoms with Crippen molar-refractivity contribution in [1.29, 1.82) is 0 Å². The molecule has 0 aromatic heterocycles. The van der Waals surface area contributed by atoms with Crippen molar-refractivity contribution < 1.29 is 19.3 Å². The highest BCUT2D eigenvalue weighted by atomic mass is 16.7. The normalized spacial score (nSPS) is 16.7. The smallest absolute Gasteiger partial charge is 0.231 e. The lowest BCUT2D eigenvalue weighted by Crippen LogP contribution is -2.18. The molecule has 3 N–H and O–H groups in total. The van der Waals surface area contributed by atoms with Gasteiger partial charge in [0.1, 0.15) is 0 Å². The van der Waals surface area contributed by atoms with Gasteiger partial charge in [-0.1, -0.05) is 6.92 Å². The summed E-state index contributed by atoms with van der Waals surface area (Å²) in [6.07, 6.45) is -0.636. The molecule has 5 heteroatoms. The van der Waals surface area contributed by atoms with Crippen LogP contribution in [0.25, 0.3) is 0 Å². The Hall–Kier alpha value is -1.46. The number of nitrogens with two attached hydrogens (primary N) is 1. The summed E-state index contributed by atoms with van der Waals surface area (Å²) in [4.78, 5) is 0. The molecule has 0 spiro atoms. The first-order chi connectivity index (χ1) is 8.17. The van der Waals surface area contributed by atoms with Gasteiger partial charge >= 0.3 is 0 Å². The fraction of sp³-hybridized carbons (Fsp3) is 0.500. The van der Waals surface area contributed by atoms with Gasteiger partial charge in [-0.3, -0.25) is 0 Å². The largest absolute Gasteiger partial charge is 0.493 e. The zero-order chi connectivity index (χ0) is 12.4. The van der Waals surface area contributed by atoms with Gasteiger partial charge in [-0.15, -0.1) is 0 Å². The number of aliphatic hydroxyl groups is 1. The molecule has 0 saturated heterocycles. The SMILES string of the molecule is COc1cc(C(O)C(C)CN)cc2c1OCO2. The molecule has 0 amide bonds. The van der Waals surface area contributed by atoms with Crippen LogP contribution in [0.2, 0.25) is 0 Å². The molecule has 0 aliphatic carbocycles. The van der Waals surface area contributed by atoms with Crippen molar-refractivity contribution in [3.63, 3.8) is 0 Å². The predicted octanol–water partition coefficient (Wildman–Crippen LogP) is 1.05. The fourth-order valence-electron chi connectivity index (χ4n) is 1.78. The molecule has 2 atom stereocenters. The van der Waals surface area contributed by atoms with Crippen molar-refractivity contribution in [2.45, 2.75) is 13.0 Å².